The highest BCUT2D eigenvalue weighted by atomic mass is 16.4. The maximum absolute atomic E-state index is 11.5. The van der Waals surface area contributed by atoms with Gasteiger partial charge < -0.3 is 20.6 Å². The zero-order valence-electron chi connectivity index (χ0n) is 18.8. The van der Waals surface area contributed by atoms with Crippen LogP contribution < -0.4 is 15.5 Å². The molecule has 1 fully saturated rings. The van der Waals surface area contributed by atoms with E-state index < -0.39 is 5.97 Å². The van der Waals surface area contributed by atoms with Gasteiger partial charge in [-0.2, -0.15) is 0 Å². The standard InChI is InChI=1S/C27H30N4O2/c32-27(33)25-12-13-28-18-26(25)29-17-20-5-3-4-19-16-22(8-11-24(19)20)30-21-6-9-23(10-7-21)31-14-1-2-15-31/h6-13,16,18,20,29-30H,1-5,14-15,17H2,(H,32,33)/t20-/m0/s1. The number of hydrogen-bond donors (Lipinski definition) is 3. The lowest BCUT2D eigenvalue weighted by atomic mass is 9.82. The monoisotopic (exact) mass is 442 g/mol. The Balaban J connectivity index is 1.26. The van der Waals surface area contributed by atoms with Gasteiger partial charge >= 0.3 is 5.97 Å². The van der Waals surface area contributed by atoms with E-state index in [2.05, 4.69) is 63.0 Å². The molecule has 1 atom stereocenters. The van der Waals surface area contributed by atoms with Crippen molar-refractivity contribution in [3.8, 4) is 0 Å². The Morgan fingerprint density at radius 3 is 2.61 bits per heavy atom. The highest BCUT2D eigenvalue weighted by Crippen LogP contribution is 2.34. The van der Waals surface area contributed by atoms with Crippen LogP contribution in [0, 0.1) is 0 Å². The molecule has 1 saturated heterocycles. The molecule has 0 saturated carbocycles. The molecule has 1 aliphatic carbocycles. The van der Waals surface area contributed by atoms with Crippen molar-refractivity contribution in [3.05, 3.63) is 77.6 Å². The van der Waals surface area contributed by atoms with E-state index in [1.807, 2.05) is 0 Å². The minimum Gasteiger partial charge on any atom is -0.478 e. The van der Waals surface area contributed by atoms with Crippen molar-refractivity contribution in [2.75, 3.05) is 35.2 Å². The predicted molar refractivity (Wildman–Crippen MR) is 133 cm³/mol. The summed E-state index contributed by atoms with van der Waals surface area (Å²) >= 11 is 0. The Morgan fingerprint density at radius 2 is 1.82 bits per heavy atom. The minimum absolute atomic E-state index is 0.260. The van der Waals surface area contributed by atoms with Gasteiger partial charge in [0.15, 0.2) is 0 Å². The summed E-state index contributed by atoms with van der Waals surface area (Å²) in [5, 5.41) is 16.3. The number of benzene rings is 2. The van der Waals surface area contributed by atoms with Crippen LogP contribution in [-0.4, -0.2) is 35.7 Å². The topological polar surface area (TPSA) is 77.5 Å². The predicted octanol–water partition coefficient (Wildman–Crippen LogP) is 5.66. The number of rotatable bonds is 7. The molecule has 0 unspecified atom stereocenters. The lowest BCUT2D eigenvalue weighted by Crippen LogP contribution is -2.19. The number of hydrogen-bond acceptors (Lipinski definition) is 5. The highest BCUT2D eigenvalue weighted by molar-refractivity contribution is 5.93. The van der Waals surface area contributed by atoms with Gasteiger partial charge in [0.25, 0.3) is 0 Å². The molecule has 2 heterocycles. The number of pyridine rings is 1. The van der Waals surface area contributed by atoms with Crippen LogP contribution in [0.3, 0.4) is 0 Å². The zero-order chi connectivity index (χ0) is 22.6. The van der Waals surface area contributed by atoms with Crippen molar-refractivity contribution in [2.24, 2.45) is 0 Å². The summed E-state index contributed by atoms with van der Waals surface area (Å²) in [5.74, 6) is -0.586. The molecule has 0 bridgehead atoms. The van der Waals surface area contributed by atoms with Gasteiger partial charge in [0.05, 0.1) is 17.4 Å². The van der Waals surface area contributed by atoms with E-state index in [1.54, 1.807) is 6.20 Å². The molecule has 0 radical (unpaired) electrons. The van der Waals surface area contributed by atoms with Crippen molar-refractivity contribution in [3.63, 3.8) is 0 Å². The van der Waals surface area contributed by atoms with Crippen molar-refractivity contribution >= 4 is 28.7 Å². The summed E-state index contributed by atoms with van der Waals surface area (Å²) in [6.07, 6.45) is 8.97. The molecule has 6 heteroatoms. The molecule has 3 aromatic rings. The van der Waals surface area contributed by atoms with Gasteiger partial charge in [-0.15, -0.1) is 0 Å². The number of carboxylic acids is 1. The molecule has 5 rings (SSSR count). The van der Waals surface area contributed by atoms with Gasteiger partial charge in [0.1, 0.15) is 0 Å². The molecule has 1 aromatic heterocycles. The van der Waals surface area contributed by atoms with Crippen LogP contribution in [0.5, 0.6) is 0 Å². The van der Waals surface area contributed by atoms with Gasteiger partial charge in [-0.1, -0.05) is 6.07 Å². The van der Waals surface area contributed by atoms with Crippen molar-refractivity contribution in [1.82, 2.24) is 4.98 Å². The number of aromatic carboxylic acids is 1. The average molecular weight is 443 g/mol. The molecular weight excluding hydrogens is 412 g/mol. The van der Waals surface area contributed by atoms with E-state index >= 15 is 0 Å². The number of aromatic nitrogens is 1. The van der Waals surface area contributed by atoms with E-state index in [9.17, 15) is 9.90 Å². The van der Waals surface area contributed by atoms with Crippen LogP contribution in [-0.2, 0) is 6.42 Å². The number of aryl methyl sites for hydroxylation is 1. The zero-order valence-corrected chi connectivity index (χ0v) is 18.8. The second-order valence-electron chi connectivity index (χ2n) is 8.98. The molecule has 0 spiro atoms. The fourth-order valence-corrected chi connectivity index (χ4v) is 5.06. The molecule has 170 valence electrons. The fourth-order valence-electron chi connectivity index (χ4n) is 5.06. The van der Waals surface area contributed by atoms with Gasteiger partial charge in [-0.25, -0.2) is 4.79 Å². The minimum atomic E-state index is -0.937. The Kier molecular flexibility index (Phi) is 6.15. The quantitative estimate of drug-likeness (QED) is 0.439. The average Bonchev–Trinajstić information content (AvgIpc) is 3.38. The van der Waals surface area contributed by atoms with Crippen molar-refractivity contribution in [2.45, 2.75) is 38.0 Å². The third kappa shape index (κ3) is 4.80. The number of fused-ring (bicyclic) bond motifs is 1. The normalized spacial score (nSPS) is 17.5. The van der Waals surface area contributed by atoms with Crippen molar-refractivity contribution in [1.29, 1.82) is 0 Å². The maximum atomic E-state index is 11.5. The molecule has 2 aromatic carbocycles. The summed E-state index contributed by atoms with van der Waals surface area (Å²) in [5.41, 5.74) is 7.07. The van der Waals surface area contributed by atoms with E-state index in [1.165, 1.54) is 41.9 Å². The lowest BCUT2D eigenvalue weighted by Gasteiger charge is -2.27. The van der Waals surface area contributed by atoms with Crippen LogP contribution in [0.15, 0.2) is 60.9 Å². The largest absolute Gasteiger partial charge is 0.478 e. The number of carbonyl (C=O) groups is 1. The first-order valence-electron chi connectivity index (χ1n) is 11.8. The Morgan fingerprint density at radius 1 is 1.03 bits per heavy atom. The first kappa shape index (κ1) is 21.3. The number of anilines is 4. The highest BCUT2D eigenvalue weighted by Gasteiger charge is 2.21. The third-order valence-electron chi connectivity index (χ3n) is 6.80. The Hall–Kier alpha value is -3.54. The third-order valence-corrected chi connectivity index (χ3v) is 6.80. The second-order valence-corrected chi connectivity index (χ2v) is 8.98. The van der Waals surface area contributed by atoms with Crippen LogP contribution in [0.2, 0.25) is 0 Å². The van der Waals surface area contributed by atoms with Crippen LogP contribution in [0.1, 0.15) is 53.1 Å². The summed E-state index contributed by atoms with van der Waals surface area (Å²) in [4.78, 5) is 18.0. The SMILES string of the molecule is O=C(O)c1ccncc1NC[C@@H]1CCCc2cc(Nc3ccc(N4CCCC4)cc3)ccc21. The Labute approximate surface area is 194 Å². The summed E-state index contributed by atoms with van der Waals surface area (Å²) in [6, 6.07) is 16.9. The summed E-state index contributed by atoms with van der Waals surface area (Å²) < 4.78 is 0. The van der Waals surface area contributed by atoms with Crippen LogP contribution >= 0.6 is 0 Å². The van der Waals surface area contributed by atoms with Crippen LogP contribution in [0.25, 0.3) is 0 Å². The fraction of sp³-hybridized carbons (Fsp3) is 0.333. The molecule has 2 aliphatic rings. The van der Waals surface area contributed by atoms with E-state index in [0.29, 0.717) is 18.2 Å². The molecule has 6 nitrogen and oxygen atoms in total. The summed E-state index contributed by atoms with van der Waals surface area (Å²) in [7, 11) is 0. The number of nitrogens with zero attached hydrogens (tertiary/aromatic N) is 2. The van der Waals surface area contributed by atoms with Gasteiger partial charge in [0, 0.05) is 48.8 Å². The summed E-state index contributed by atoms with van der Waals surface area (Å²) in [6.45, 7) is 3.02. The second kappa shape index (κ2) is 9.53. The first-order chi connectivity index (χ1) is 16.2. The first-order valence-corrected chi connectivity index (χ1v) is 11.8. The number of carboxylic acid groups (broad SMARTS) is 1. The smallest absolute Gasteiger partial charge is 0.337 e. The molecule has 3 N–H and O–H groups in total. The van der Waals surface area contributed by atoms with E-state index in [0.717, 1.165) is 43.7 Å². The van der Waals surface area contributed by atoms with E-state index in [-0.39, 0.29) is 5.56 Å². The Bertz CT molecular complexity index is 1120. The van der Waals surface area contributed by atoms with Crippen LogP contribution in [0.4, 0.5) is 22.7 Å². The molecule has 33 heavy (non-hydrogen) atoms. The lowest BCUT2D eigenvalue weighted by molar-refractivity contribution is 0.0697. The molecule has 0 amide bonds. The van der Waals surface area contributed by atoms with Gasteiger partial charge in [-0.3, -0.25) is 4.98 Å². The number of nitrogens with one attached hydrogen (secondary N) is 2. The van der Waals surface area contributed by atoms with Crippen molar-refractivity contribution < 1.29 is 9.90 Å². The van der Waals surface area contributed by atoms with E-state index in [4.69, 9.17) is 0 Å². The van der Waals surface area contributed by atoms with Gasteiger partial charge in [0.2, 0.25) is 0 Å². The molecular formula is C27H30N4O2. The molecule has 1 aliphatic heterocycles. The van der Waals surface area contributed by atoms with Gasteiger partial charge in [-0.05, 0) is 85.7 Å². The maximum Gasteiger partial charge on any atom is 0.337 e.